The molecular formula is C10H9F2N3O4S. The van der Waals surface area contributed by atoms with Gasteiger partial charge in [-0.15, -0.1) is 0 Å². The Hall–Kier alpha value is -2.10. The Morgan fingerprint density at radius 1 is 1.40 bits per heavy atom. The van der Waals surface area contributed by atoms with Crippen LogP contribution in [-0.2, 0) is 16.9 Å². The molecule has 10 heteroatoms. The molecule has 1 aromatic heterocycles. The van der Waals surface area contributed by atoms with Gasteiger partial charge in [-0.2, -0.15) is 8.78 Å². The Morgan fingerprint density at radius 3 is 2.50 bits per heavy atom. The van der Waals surface area contributed by atoms with Gasteiger partial charge in [0.2, 0.25) is 9.84 Å². The maximum atomic E-state index is 12.6. The third-order valence-electron chi connectivity index (χ3n) is 2.92. The average Bonchev–Trinajstić information content (AvgIpc) is 2.63. The number of hydrogen-bond donors (Lipinski definition) is 0. The van der Waals surface area contributed by atoms with Crippen molar-refractivity contribution in [3.05, 3.63) is 28.1 Å². The topological polar surface area (TPSA) is 95.1 Å². The van der Waals surface area contributed by atoms with E-state index >= 15 is 0 Å². The van der Waals surface area contributed by atoms with Crippen LogP contribution in [0.15, 0.2) is 17.0 Å². The molecule has 2 aromatic rings. The molecule has 0 aliphatic heterocycles. The van der Waals surface area contributed by atoms with Crippen LogP contribution in [0.2, 0.25) is 0 Å². The molecule has 0 N–H and O–H groups in total. The van der Waals surface area contributed by atoms with Crippen LogP contribution in [-0.4, -0.2) is 28.6 Å². The van der Waals surface area contributed by atoms with E-state index in [0.717, 1.165) is 12.1 Å². The highest BCUT2D eigenvalue weighted by Gasteiger charge is 2.34. The molecule has 1 aromatic carbocycles. The summed E-state index contributed by atoms with van der Waals surface area (Å²) >= 11 is 0. The van der Waals surface area contributed by atoms with Crippen molar-refractivity contribution in [1.82, 2.24) is 9.55 Å². The van der Waals surface area contributed by atoms with Crippen molar-refractivity contribution >= 4 is 26.6 Å². The van der Waals surface area contributed by atoms with E-state index in [1.54, 1.807) is 14.0 Å². The van der Waals surface area contributed by atoms with Crippen LogP contribution in [0, 0.1) is 17.0 Å². The van der Waals surface area contributed by atoms with Crippen molar-refractivity contribution in [1.29, 1.82) is 0 Å². The van der Waals surface area contributed by atoms with Gasteiger partial charge in [-0.25, -0.2) is 13.4 Å². The highest BCUT2D eigenvalue weighted by atomic mass is 32.2. The van der Waals surface area contributed by atoms with Crippen molar-refractivity contribution < 1.29 is 22.1 Å². The molecule has 0 aliphatic carbocycles. The predicted octanol–water partition coefficient (Wildman–Crippen LogP) is 1.79. The zero-order chi connectivity index (χ0) is 15.2. The number of hydrogen-bond acceptors (Lipinski definition) is 5. The van der Waals surface area contributed by atoms with Crippen molar-refractivity contribution in [2.24, 2.45) is 7.05 Å². The van der Waals surface area contributed by atoms with Gasteiger partial charge < -0.3 is 4.57 Å². The van der Waals surface area contributed by atoms with Gasteiger partial charge in [-0.05, 0) is 13.0 Å². The lowest BCUT2D eigenvalue weighted by molar-refractivity contribution is -0.387. The number of aromatic nitrogens is 2. The lowest BCUT2D eigenvalue weighted by Gasteiger charge is -2.05. The largest absolute Gasteiger partial charge is 0.341 e. The molecule has 108 valence electrons. The number of nitro groups is 1. The number of aryl methyl sites for hydroxylation is 2. The number of halogens is 2. The minimum atomic E-state index is -5.07. The second-order valence-electron chi connectivity index (χ2n) is 4.09. The van der Waals surface area contributed by atoms with E-state index in [9.17, 15) is 27.3 Å². The quantitative estimate of drug-likeness (QED) is 0.636. The third kappa shape index (κ3) is 2.01. The van der Waals surface area contributed by atoms with Crippen LogP contribution < -0.4 is 0 Å². The van der Waals surface area contributed by atoms with E-state index in [2.05, 4.69) is 4.98 Å². The summed E-state index contributed by atoms with van der Waals surface area (Å²) in [4.78, 5) is 12.9. The van der Waals surface area contributed by atoms with Gasteiger partial charge >= 0.3 is 5.76 Å². The second kappa shape index (κ2) is 4.47. The van der Waals surface area contributed by atoms with Crippen LogP contribution in [0.25, 0.3) is 11.0 Å². The minimum Gasteiger partial charge on any atom is -0.331 e. The van der Waals surface area contributed by atoms with Crippen molar-refractivity contribution in [3.63, 3.8) is 0 Å². The Bertz CT molecular complexity index is 814. The van der Waals surface area contributed by atoms with E-state index in [-0.39, 0.29) is 5.52 Å². The van der Waals surface area contributed by atoms with Gasteiger partial charge in [-0.1, -0.05) is 0 Å². The monoisotopic (exact) mass is 305 g/mol. The zero-order valence-electron chi connectivity index (χ0n) is 10.4. The molecule has 0 spiro atoms. The smallest absolute Gasteiger partial charge is 0.331 e. The Morgan fingerprint density at radius 2 is 2.00 bits per heavy atom. The average molecular weight is 305 g/mol. The molecule has 0 saturated heterocycles. The summed E-state index contributed by atoms with van der Waals surface area (Å²) in [5.74, 6) is -3.26. The van der Waals surface area contributed by atoms with Crippen LogP contribution in [0.5, 0.6) is 0 Å². The van der Waals surface area contributed by atoms with Crippen LogP contribution in [0.3, 0.4) is 0 Å². The van der Waals surface area contributed by atoms with E-state index in [4.69, 9.17) is 0 Å². The van der Waals surface area contributed by atoms with E-state index in [1.807, 2.05) is 0 Å². The summed E-state index contributed by atoms with van der Waals surface area (Å²) < 4.78 is 49.7. The fourth-order valence-electron chi connectivity index (χ4n) is 1.80. The van der Waals surface area contributed by atoms with Crippen LogP contribution in [0.4, 0.5) is 14.5 Å². The molecule has 0 saturated carbocycles. The SMILES string of the molecule is Cc1nc2cc(S(=O)(=O)C(F)F)c([N+](=O)[O-])cc2n1C. The Labute approximate surface area is 111 Å². The van der Waals surface area contributed by atoms with E-state index in [1.165, 1.54) is 4.57 Å². The fraction of sp³-hybridized carbons (Fsp3) is 0.300. The first kappa shape index (κ1) is 14.3. The van der Waals surface area contributed by atoms with Gasteiger partial charge in [0.1, 0.15) is 5.82 Å². The van der Waals surface area contributed by atoms with Crippen molar-refractivity contribution in [2.45, 2.75) is 17.6 Å². The Balaban J connectivity index is 2.90. The Kier molecular flexibility index (Phi) is 3.20. The molecule has 0 amide bonds. The van der Waals surface area contributed by atoms with Crippen LogP contribution >= 0.6 is 0 Å². The second-order valence-corrected chi connectivity index (χ2v) is 5.98. The predicted molar refractivity (Wildman–Crippen MR) is 65.3 cm³/mol. The molecule has 0 bridgehead atoms. The first-order valence-corrected chi connectivity index (χ1v) is 6.84. The first-order valence-electron chi connectivity index (χ1n) is 5.29. The van der Waals surface area contributed by atoms with Gasteiger partial charge in [0.15, 0.2) is 4.90 Å². The maximum absolute atomic E-state index is 12.6. The van der Waals surface area contributed by atoms with E-state index in [0.29, 0.717) is 11.3 Å². The van der Waals surface area contributed by atoms with Crippen molar-refractivity contribution in [3.8, 4) is 0 Å². The summed E-state index contributed by atoms with van der Waals surface area (Å²) in [6, 6.07) is 1.74. The number of fused-ring (bicyclic) bond motifs is 1. The van der Waals surface area contributed by atoms with Gasteiger partial charge in [0.05, 0.1) is 16.0 Å². The van der Waals surface area contributed by atoms with Gasteiger partial charge in [-0.3, -0.25) is 10.1 Å². The number of alkyl halides is 2. The van der Waals surface area contributed by atoms with Crippen LogP contribution in [0.1, 0.15) is 5.82 Å². The summed E-state index contributed by atoms with van der Waals surface area (Å²) in [6.07, 6.45) is 0. The first-order chi connectivity index (χ1) is 9.16. The lowest BCUT2D eigenvalue weighted by atomic mass is 10.3. The zero-order valence-corrected chi connectivity index (χ0v) is 11.2. The standard InChI is InChI=1S/C10H9F2N3O4S/c1-5-13-6-3-9(20(18,19)10(11)12)8(15(16)17)4-7(6)14(5)2/h3-4,10H,1-2H3. The summed E-state index contributed by atoms with van der Waals surface area (Å²) in [6.45, 7) is 1.60. The molecule has 1 heterocycles. The molecule has 0 aliphatic rings. The molecule has 0 radical (unpaired) electrons. The molecule has 2 rings (SSSR count). The lowest BCUT2D eigenvalue weighted by Crippen LogP contribution is -2.13. The molecule has 7 nitrogen and oxygen atoms in total. The van der Waals surface area contributed by atoms with Gasteiger partial charge in [0, 0.05) is 13.1 Å². The number of nitrogens with zero attached hydrogens (tertiary/aromatic N) is 3. The van der Waals surface area contributed by atoms with Gasteiger partial charge in [0.25, 0.3) is 5.69 Å². The number of imidazole rings is 1. The number of benzene rings is 1. The minimum absolute atomic E-state index is 0.106. The summed E-state index contributed by atoms with van der Waals surface area (Å²) in [5, 5.41) is 10.9. The molecular weight excluding hydrogens is 296 g/mol. The number of rotatable bonds is 3. The highest BCUT2D eigenvalue weighted by molar-refractivity contribution is 7.91. The summed E-state index contributed by atoms with van der Waals surface area (Å²) in [7, 11) is -3.49. The number of sulfone groups is 1. The highest BCUT2D eigenvalue weighted by Crippen LogP contribution is 2.32. The van der Waals surface area contributed by atoms with E-state index < -0.39 is 31.1 Å². The third-order valence-corrected chi connectivity index (χ3v) is 4.33. The molecule has 0 fully saturated rings. The molecule has 0 atom stereocenters. The normalized spacial score (nSPS) is 12.2. The summed E-state index contributed by atoms with van der Waals surface area (Å²) in [5.41, 5.74) is -0.488. The number of nitro benzene ring substituents is 1. The van der Waals surface area contributed by atoms with Crippen molar-refractivity contribution in [2.75, 3.05) is 0 Å². The maximum Gasteiger partial charge on any atom is 0.341 e. The molecule has 20 heavy (non-hydrogen) atoms. The molecule has 0 unspecified atom stereocenters. The fourth-order valence-corrected chi connectivity index (χ4v) is 2.69.